The van der Waals surface area contributed by atoms with Crippen LogP contribution in [0.25, 0.3) is 6.08 Å². The summed E-state index contributed by atoms with van der Waals surface area (Å²) >= 11 is 6.19. The summed E-state index contributed by atoms with van der Waals surface area (Å²) in [5.41, 5.74) is 1.27. The third kappa shape index (κ3) is 4.41. The van der Waals surface area contributed by atoms with Crippen LogP contribution in [0.1, 0.15) is 11.1 Å². The first-order valence-electron chi connectivity index (χ1n) is 8.79. The lowest BCUT2D eigenvalue weighted by Crippen LogP contribution is -2.54. The number of carbonyl (C=O) groups excluding carboxylic acids is 3. The number of ether oxygens (including phenoxy) is 2. The topological polar surface area (TPSA) is 84.9 Å². The molecule has 1 fully saturated rings. The number of imide groups is 2. The third-order valence-electron chi connectivity index (χ3n) is 4.42. The van der Waals surface area contributed by atoms with Gasteiger partial charge in [-0.1, -0.05) is 41.9 Å². The number of nitrogens with zero attached hydrogens (tertiary/aromatic N) is 1. The molecule has 0 unspecified atom stereocenters. The van der Waals surface area contributed by atoms with E-state index in [1.165, 1.54) is 20.3 Å². The van der Waals surface area contributed by atoms with Crippen LogP contribution in [0.3, 0.4) is 0 Å². The molecule has 0 radical (unpaired) electrons. The lowest BCUT2D eigenvalue weighted by molar-refractivity contribution is -0.130. The van der Waals surface area contributed by atoms with E-state index >= 15 is 0 Å². The standard InChI is InChI=1S/C21H19ClN2O5/c1-28-17-12-14(11-16(22)18(17)29-2)10-15-19(25)23-21(27)24(20(15)26)9-8-13-6-4-3-5-7-13/h3-7,10-12H,8-9H2,1-2H3,(H,23,25,27)/b15-10+. The molecule has 1 N–H and O–H groups in total. The molecule has 1 aliphatic heterocycles. The summed E-state index contributed by atoms with van der Waals surface area (Å²) in [6.07, 6.45) is 1.84. The maximum atomic E-state index is 12.8. The molecule has 4 amide bonds. The molecule has 7 nitrogen and oxygen atoms in total. The predicted molar refractivity (Wildman–Crippen MR) is 108 cm³/mol. The van der Waals surface area contributed by atoms with Gasteiger partial charge in [0.1, 0.15) is 5.57 Å². The van der Waals surface area contributed by atoms with E-state index in [-0.39, 0.29) is 17.1 Å². The van der Waals surface area contributed by atoms with Gasteiger partial charge in [0, 0.05) is 6.54 Å². The third-order valence-corrected chi connectivity index (χ3v) is 4.70. The summed E-state index contributed by atoms with van der Waals surface area (Å²) in [6, 6.07) is 11.8. The summed E-state index contributed by atoms with van der Waals surface area (Å²) in [4.78, 5) is 38.3. The Morgan fingerprint density at radius 3 is 2.45 bits per heavy atom. The molecular formula is C21H19ClN2O5. The lowest BCUT2D eigenvalue weighted by Gasteiger charge is -2.26. The van der Waals surface area contributed by atoms with Gasteiger partial charge in [-0.05, 0) is 35.8 Å². The van der Waals surface area contributed by atoms with Crippen molar-refractivity contribution in [3.05, 3.63) is 64.2 Å². The van der Waals surface area contributed by atoms with Crippen LogP contribution in [0.15, 0.2) is 48.0 Å². The predicted octanol–water partition coefficient (Wildman–Crippen LogP) is 3.06. The van der Waals surface area contributed by atoms with Crippen LogP contribution in [0.4, 0.5) is 4.79 Å². The van der Waals surface area contributed by atoms with E-state index in [0.29, 0.717) is 23.5 Å². The summed E-state index contributed by atoms with van der Waals surface area (Å²) < 4.78 is 10.4. The average Bonchev–Trinajstić information content (AvgIpc) is 2.71. The minimum atomic E-state index is -0.762. The van der Waals surface area contributed by atoms with Crippen molar-refractivity contribution >= 4 is 35.5 Å². The van der Waals surface area contributed by atoms with E-state index < -0.39 is 17.8 Å². The highest BCUT2D eigenvalue weighted by Crippen LogP contribution is 2.36. The van der Waals surface area contributed by atoms with Crippen LogP contribution in [0.5, 0.6) is 11.5 Å². The first-order chi connectivity index (χ1) is 13.9. The maximum absolute atomic E-state index is 12.8. The lowest BCUT2D eigenvalue weighted by atomic mass is 10.1. The van der Waals surface area contributed by atoms with Crippen molar-refractivity contribution in [2.75, 3.05) is 20.8 Å². The number of amides is 4. The van der Waals surface area contributed by atoms with E-state index in [9.17, 15) is 14.4 Å². The Morgan fingerprint density at radius 1 is 1.07 bits per heavy atom. The monoisotopic (exact) mass is 414 g/mol. The molecule has 1 saturated heterocycles. The first-order valence-corrected chi connectivity index (χ1v) is 9.16. The highest BCUT2D eigenvalue weighted by atomic mass is 35.5. The van der Waals surface area contributed by atoms with Crippen molar-refractivity contribution in [1.82, 2.24) is 10.2 Å². The van der Waals surface area contributed by atoms with Crippen molar-refractivity contribution < 1.29 is 23.9 Å². The second kappa shape index (κ2) is 8.79. The molecule has 0 atom stereocenters. The molecule has 0 bridgehead atoms. The molecule has 1 aliphatic rings. The molecule has 8 heteroatoms. The number of nitrogens with one attached hydrogen (secondary N) is 1. The van der Waals surface area contributed by atoms with Crippen LogP contribution in [0.2, 0.25) is 5.02 Å². The highest BCUT2D eigenvalue weighted by Gasteiger charge is 2.35. The van der Waals surface area contributed by atoms with Gasteiger partial charge >= 0.3 is 6.03 Å². The summed E-state index contributed by atoms with van der Waals surface area (Å²) in [5, 5.41) is 2.47. The second-order valence-electron chi connectivity index (χ2n) is 6.25. The molecular weight excluding hydrogens is 396 g/mol. The van der Waals surface area contributed by atoms with Gasteiger partial charge in [-0.15, -0.1) is 0 Å². The molecule has 29 heavy (non-hydrogen) atoms. The normalized spacial score (nSPS) is 15.5. The fourth-order valence-corrected chi connectivity index (χ4v) is 3.27. The Bertz CT molecular complexity index is 988. The Kier molecular flexibility index (Phi) is 6.19. The molecule has 0 aliphatic carbocycles. The summed E-state index contributed by atoms with van der Waals surface area (Å²) in [5.74, 6) is -0.731. The Morgan fingerprint density at radius 2 is 1.79 bits per heavy atom. The first kappa shape index (κ1) is 20.4. The second-order valence-corrected chi connectivity index (χ2v) is 6.66. The van der Waals surface area contributed by atoms with E-state index in [2.05, 4.69) is 5.32 Å². The summed E-state index contributed by atoms with van der Waals surface area (Å²) in [7, 11) is 2.91. The van der Waals surface area contributed by atoms with Gasteiger partial charge < -0.3 is 9.47 Å². The highest BCUT2D eigenvalue weighted by molar-refractivity contribution is 6.33. The number of barbiturate groups is 1. The number of urea groups is 1. The van der Waals surface area contributed by atoms with Gasteiger partial charge in [-0.3, -0.25) is 19.8 Å². The summed E-state index contributed by atoms with van der Waals surface area (Å²) in [6.45, 7) is 0.145. The average molecular weight is 415 g/mol. The molecule has 1 heterocycles. The number of carbonyl (C=O) groups is 3. The van der Waals surface area contributed by atoms with Crippen molar-refractivity contribution in [1.29, 1.82) is 0 Å². The fraction of sp³-hybridized carbons (Fsp3) is 0.190. The Labute approximate surface area is 172 Å². The Balaban J connectivity index is 1.88. The zero-order valence-electron chi connectivity index (χ0n) is 15.9. The zero-order chi connectivity index (χ0) is 21.0. The van der Waals surface area contributed by atoms with Crippen molar-refractivity contribution in [2.45, 2.75) is 6.42 Å². The number of benzene rings is 2. The number of halogens is 1. The van der Waals surface area contributed by atoms with Crippen molar-refractivity contribution in [3.8, 4) is 11.5 Å². The largest absolute Gasteiger partial charge is 0.493 e. The van der Waals surface area contributed by atoms with Crippen LogP contribution in [0, 0.1) is 0 Å². The minimum Gasteiger partial charge on any atom is -0.493 e. The van der Waals surface area contributed by atoms with Crippen molar-refractivity contribution in [3.63, 3.8) is 0 Å². The molecule has 2 aromatic rings. The van der Waals surface area contributed by atoms with Crippen LogP contribution in [-0.4, -0.2) is 43.5 Å². The van der Waals surface area contributed by atoms with Gasteiger partial charge in [0.25, 0.3) is 11.8 Å². The molecule has 3 rings (SSSR count). The van der Waals surface area contributed by atoms with Gasteiger partial charge in [0.2, 0.25) is 0 Å². The molecule has 150 valence electrons. The van der Waals surface area contributed by atoms with E-state index in [1.54, 1.807) is 12.1 Å². The number of rotatable bonds is 6. The maximum Gasteiger partial charge on any atom is 0.331 e. The molecule has 2 aromatic carbocycles. The van der Waals surface area contributed by atoms with Gasteiger partial charge in [0.05, 0.1) is 19.2 Å². The zero-order valence-corrected chi connectivity index (χ0v) is 16.7. The minimum absolute atomic E-state index is 0.145. The number of hydrogen-bond acceptors (Lipinski definition) is 5. The number of methoxy groups -OCH3 is 2. The van der Waals surface area contributed by atoms with Crippen molar-refractivity contribution in [2.24, 2.45) is 0 Å². The van der Waals surface area contributed by atoms with Gasteiger partial charge in [-0.25, -0.2) is 4.79 Å². The van der Waals surface area contributed by atoms with Gasteiger partial charge in [0.15, 0.2) is 11.5 Å². The van der Waals surface area contributed by atoms with Crippen LogP contribution < -0.4 is 14.8 Å². The Hall–Kier alpha value is -3.32. The van der Waals surface area contributed by atoms with Gasteiger partial charge in [-0.2, -0.15) is 0 Å². The van der Waals surface area contributed by atoms with E-state index in [0.717, 1.165) is 10.5 Å². The molecule has 0 spiro atoms. The van der Waals surface area contributed by atoms with E-state index in [4.69, 9.17) is 21.1 Å². The van der Waals surface area contributed by atoms with Crippen LogP contribution >= 0.6 is 11.6 Å². The molecule has 0 saturated carbocycles. The smallest absolute Gasteiger partial charge is 0.331 e. The SMILES string of the molecule is COc1cc(/C=C2\C(=O)NC(=O)N(CCc3ccccc3)C2=O)cc(Cl)c1OC. The molecule has 0 aromatic heterocycles. The van der Waals surface area contributed by atoms with E-state index in [1.807, 2.05) is 30.3 Å². The quantitative estimate of drug-likeness (QED) is 0.580. The fourth-order valence-electron chi connectivity index (χ4n) is 2.97. The van der Waals surface area contributed by atoms with Crippen LogP contribution in [-0.2, 0) is 16.0 Å². The number of hydrogen-bond donors (Lipinski definition) is 1.